The van der Waals surface area contributed by atoms with E-state index in [1.54, 1.807) is 0 Å². The molecule has 2 fully saturated rings. The van der Waals surface area contributed by atoms with Gasteiger partial charge in [0.05, 0.1) is 18.1 Å². The number of hydrogen-bond acceptors (Lipinski definition) is 5. The Hall–Kier alpha value is -1.60. The topological polar surface area (TPSA) is 66.9 Å². The van der Waals surface area contributed by atoms with Crippen molar-refractivity contribution in [2.24, 2.45) is 5.92 Å². The first-order valence-electron chi connectivity index (χ1n) is 9.37. The number of piperazine rings is 1. The SMILES string of the molecule is CCOc1ccc(CN2CCN(C(=O)CC3CCS(=O)(=O)C3)CC2)cc1. The molecule has 2 heterocycles. The Kier molecular flexibility index (Phi) is 6.19. The van der Waals surface area contributed by atoms with Crippen LogP contribution in [0.4, 0.5) is 0 Å². The van der Waals surface area contributed by atoms with Crippen LogP contribution in [0.15, 0.2) is 24.3 Å². The smallest absolute Gasteiger partial charge is 0.222 e. The molecule has 2 aliphatic heterocycles. The molecule has 2 saturated heterocycles. The maximum atomic E-state index is 12.4. The van der Waals surface area contributed by atoms with Gasteiger partial charge in [-0.25, -0.2) is 8.42 Å². The summed E-state index contributed by atoms with van der Waals surface area (Å²) in [5.41, 5.74) is 1.24. The van der Waals surface area contributed by atoms with Gasteiger partial charge in [-0.3, -0.25) is 9.69 Å². The molecule has 0 radical (unpaired) electrons. The zero-order chi connectivity index (χ0) is 18.6. The van der Waals surface area contributed by atoms with Gasteiger partial charge in [0.15, 0.2) is 9.84 Å². The molecule has 0 aliphatic carbocycles. The van der Waals surface area contributed by atoms with Crippen molar-refractivity contribution in [3.05, 3.63) is 29.8 Å². The molecule has 0 spiro atoms. The summed E-state index contributed by atoms with van der Waals surface area (Å²) in [7, 11) is -2.91. The summed E-state index contributed by atoms with van der Waals surface area (Å²) in [4.78, 5) is 16.7. The van der Waals surface area contributed by atoms with Gasteiger partial charge in [0.25, 0.3) is 0 Å². The highest BCUT2D eigenvalue weighted by Gasteiger charge is 2.31. The van der Waals surface area contributed by atoms with Crippen molar-refractivity contribution >= 4 is 15.7 Å². The largest absolute Gasteiger partial charge is 0.494 e. The summed E-state index contributed by atoms with van der Waals surface area (Å²) < 4.78 is 28.5. The van der Waals surface area contributed by atoms with Crippen LogP contribution < -0.4 is 4.74 Å². The minimum absolute atomic E-state index is 0.00869. The molecule has 3 rings (SSSR count). The molecule has 7 heteroatoms. The lowest BCUT2D eigenvalue weighted by atomic mass is 10.0. The Morgan fingerprint density at radius 3 is 2.42 bits per heavy atom. The van der Waals surface area contributed by atoms with Crippen LogP contribution in [0.2, 0.25) is 0 Å². The van der Waals surface area contributed by atoms with E-state index in [0.29, 0.717) is 19.4 Å². The highest BCUT2D eigenvalue weighted by molar-refractivity contribution is 7.91. The molecule has 26 heavy (non-hydrogen) atoms. The third-order valence-corrected chi connectivity index (χ3v) is 6.99. The summed E-state index contributed by atoms with van der Waals surface area (Å²) in [5.74, 6) is 1.42. The van der Waals surface area contributed by atoms with Gasteiger partial charge < -0.3 is 9.64 Å². The van der Waals surface area contributed by atoms with Crippen molar-refractivity contribution in [3.8, 4) is 5.75 Å². The molecular weight excluding hydrogens is 352 g/mol. The molecule has 1 unspecified atom stereocenters. The van der Waals surface area contributed by atoms with Crippen LogP contribution in [-0.2, 0) is 21.2 Å². The van der Waals surface area contributed by atoms with Crippen molar-refractivity contribution in [2.45, 2.75) is 26.3 Å². The second-order valence-electron chi connectivity index (χ2n) is 7.21. The van der Waals surface area contributed by atoms with Gasteiger partial charge >= 0.3 is 0 Å². The number of nitrogens with zero attached hydrogens (tertiary/aromatic N) is 2. The number of sulfone groups is 1. The fourth-order valence-corrected chi connectivity index (χ4v) is 5.54. The molecule has 1 amide bonds. The highest BCUT2D eigenvalue weighted by Crippen LogP contribution is 2.23. The monoisotopic (exact) mass is 380 g/mol. The second kappa shape index (κ2) is 8.39. The lowest BCUT2D eigenvalue weighted by molar-refractivity contribution is -0.133. The van der Waals surface area contributed by atoms with Gasteiger partial charge in [-0.1, -0.05) is 12.1 Å². The normalized spacial score (nSPS) is 23.1. The highest BCUT2D eigenvalue weighted by atomic mass is 32.2. The standard InChI is InChI=1S/C19H28N2O4S/c1-2-25-18-5-3-16(4-6-18)14-20-8-10-21(11-9-20)19(22)13-17-7-12-26(23,24)15-17/h3-6,17H,2,7-15H2,1H3. The van der Waals surface area contributed by atoms with Gasteiger partial charge in [0, 0.05) is 39.1 Å². The van der Waals surface area contributed by atoms with Gasteiger partial charge in [-0.2, -0.15) is 0 Å². The van der Waals surface area contributed by atoms with E-state index >= 15 is 0 Å². The van der Waals surface area contributed by atoms with E-state index in [4.69, 9.17) is 4.74 Å². The fraction of sp³-hybridized carbons (Fsp3) is 0.632. The lowest BCUT2D eigenvalue weighted by Crippen LogP contribution is -2.48. The molecule has 1 aromatic rings. The van der Waals surface area contributed by atoms with E-state index < -0.39 is 9.84 Å². The van der Waals surface area contributed by atoms with Crippen LogP contribution in [0.25, 0.3) is 0 Å². The van der Waals surface area contributed by atoms with Crippen molar-refractivity contribution in [1.29, 1.82) is 0 Å². The second-order valence-corrected chi connectivity index (χ2v) is 9.44. The van der Waals surface area contributed by atoms with Crippen LogP contribution in [0, 0.1) is 5.92 Å². The number of carbonyl (C=O) groups is 1. The van der Waals surface area contributed by atoms with Crippen LogP contribution in [0.3, 0.4) is 0 Å². The van der Waals surface area contributed by atoms with E-state index in [1.165, 1.54) is 5.56 Å². The summed E-state index contributed by atoms with van der Waals surface area (Å²) in [6.07, 6.45) is 1.00. The molecule has 6 nitrogen and oxygen atoms in total. The molecule has 2 aliphatic rings. The Morgan fingerprint density at radius 2 is 1.85 bits per heavy atom. The van der Waals surface area contributed by atoms with Crippen LogP contribution in [0.5, 0.6) is 5.75 Å². The first kappa shape index (κ1) is 19.2. The summed E-state index contributed by atoms with van der Waals surface area (Å²) >= 11 is 0. The minimum atomic E-state index is -2.91. The van der Waals surface area contributed by atoms with Crippen LogP contribution in [-0.4, -0.2) is 68.4 Å². The molecule has 0 saturated carbocycles. The van der Waals surface area contributed by atoms with E-state index in [2.05, 4.69) is 17.0 Å². The zero-order valence-corrected chi connectivity index (χ0v) is 16.2. The van der Waals surface area contributed by atoms with Crippen molar-refractivity contribution < 1.29 is 17.9 Å². The number of carbonyl (C=O) groups excluding carboxylic acids is 1. The molecular formula is C19H28N2O4S. The number of amides is 1. The predicted octanol–water partition coefficient (Wildman–Crippen LogP) is 1.55. The number of rotatable bonds is 6. The van der Waals surface area contributed by atoms with E-state index in [9.17, 15) is 13.2 Å². The van der Waals surface area contributed by atoms with Crippen molar-refractivity contribution in [3.63, 3.8) is 0 Å². The number of ether oxygens (including phenoxy) is 1. The molecule has 1 aromatic carbocycles. The Balaban J connectivity index is 1.43. The number of hydrogen-bond donors (Lipinski definition) is 0. The minimum Gasteiger partial charge on any atom is -0.494 e. The maximum absolute atomic E-state index is 12.4. The molecule has 0 N–H and O–H groups in total. The van der Waals surface area contributed by atoms with Crippen molar-refractivity contribution in [1.82, 2.24) is 9.80 Å². The zero-order valence-electron chi connectivity index (χ0n) is 15.4. The summed E-state index contributed by atoms with van der Waals surface area (Å²) in [5, 5.41) is 0. The van der Waals surface area contributed by atoms with Gasteiger partial charge in [0.2, 0.25) is 5.91 Å². The van der Waals surface area contributed by atoms with Crippen molar-refractivity contribution in [2.75, 3.05) is 44.3 Å². The maximum Gasteiger partial charge on any atom is 0.222 e. The van der Waals surface area contributed by atoms with Crippen LogP contribution in [0.1, 0.15) is 25.3 Å². The Morgan fingerprint density at radius 1 is 1.15 bits per heavy atom. The fourth-order valence-electron chi connectivity index (χ4n) is 3.68. The first-order valence-corrected chi connectivity index (χ1v) is 11.2. The Bertz CT molecular complexity index is 710. The molecule has 1 atom stereocenters. The summed E-state index contributed by atoms with van der Waals surface area (Å²) in [6, 6.07) is 8.16. The lowest BCUT2D eigenvalue weighted by Gasteiger charge is -2.35. The van der Waals surface area contributed by atoms with Gasteiger partial charge in [0.1, 0.15) is 5.75 Å². The van der Waals surface area contributed by atoms with E-state index in [0.717, 1.165) is 38.5 Å². The van der Waals surface area contributed by atoms with E-state index in [-0.39, 0.29) is 23.3 Å². The third kappa shape index (κ3) is 5.20. The Labute approximate surface area is 156 Å². The first-order chi connectivity index (χ1) is 12.4. The third-order valence-electron chi connectivity index (χ3n) is 5.16. The molecule has 0 bridgehead atoms. The van der Waals surface area contributed by atoms with Gasteiger partial charge in [-0.15, -0.1) is 0 Å². The number of benzene rings is 1. The molecule has 0 aromatic heterocycles. The average Bonchev–Trinajstić information content (AvgIpc) is 2.96. The predicted molar refractivity (Wildman–Crippen MR) is 101 cm³/mol. The van der Waals surface area contributed by atoms with Gasteiger partial charge in [-0.05, 0) is 37.0 Å². The van der Waals surface area contributed by atoms with Crippen LogP contribution >= 0.6 is 0 Å². The molecule has 144 valence electrons. The average molecular weight is 381 g/mol. The van der Waals surface area contributed by atoms with E-state index in [1.807, 2.05) is 24.0 Å². The quantitative estimate of drug-likeness (QED) is 0.749. The summed E-state index contributed by atoms with van der Waals surface area (Å²) in [6.45, 7) is 6.65.